The summed E-state index contributed by atoms with van der Waals surface area (Å²) in [4.78, 5) is 21.8. The van der Waals surface area contributed by atoms with Gasteiger partial charge in [-0.15, -0.1) is 0 Å². The standard InChI is InChI=1S/C18H26N4OS/c1-21(13-4-5-13)16(23)14-11-18(14)6-8-22(9-7-18)17-19-15(20-24-17)10-12-2-3-12/h12-14H,2-11H2,1H3. The molecule has 0 bridgehead atoms. The van der Waals surface area contributed by atoms with Crippen LogP contribution in [0.3, 0.4) is 0 Å². The Balaban J connectivity index is 1.17. The molecule has 6 heteroatoms. The van der Waals surface area contributed by atoms with E-state index in [0.717, 1.165) is 55.6 Å². The van der Waals surface area contributed by atoms with Crippen molar-refractivity contribution in [3.05, 3.63) is 5.82 Å². The maximum absolute atomic E-state index is 12.6. The largest absolute Gasteiger partial charge is 0.347 e. The summed E-state index contributed by atoms with van der Waals surface area (Å²) < 4.78 is 4.54. The summed E-state index contributed by atoms with van der Waals surface area (Å²) in [5, 5.41) is 1.10. The number of hydrogen-bond acceptors (Lipinski definition) is 5. The van der Waals surface area contributed by atoms with Gasteiger partial charge in [-0.05, 0) is 56.3 Å². The normalized spacial score (nSPS) is 28.2. The average Bonchev–Trinajstić information content (AvgIpc) is 3.46. The fraction of sp³-hybridized carbons (Fsp3) is 0.833. The molecule has 0 N–H and O–H groups in total. The number of hydrogen-bond donors (Lipinski definition) is 0. The van der Waals surface area contributed by atoms with Gasteiger partial charge in [0.05, 0.1) is 0 Å². The van der Waals surface area contributed by atoms with E-state index in [1.54, 1.807) is 11.5 Å². The third-order valence-electron chi connectivity index (χ3n) is 6.59. The minimum atomic E-state index is 0.296. The van der Waals surface area contributed by atoms with Crippen LogP contribution >= 0.6 is 11.5 Å². The summed E-state index contributed by atoms with van der Waals surface area (Å²) in [6, 6.07) is 0.543. The molecule has 1 aliphatic heterocycles. The van der Waals surface area contributed by atoms with Crippen LogP contribution in [-0.2, 0) is 11.2 Å². The van der Waals surface area contributed by atoms with E-state index in [2.05, 4.69) is 9.27 Å². The van der Waals surface area contributed by atoms with Gasteiger partial charge in [-0.2, -0.15) is 4.37 Å². The molecule has 5 nitrogen and oxygen atoms in total. The summed E-state index contributed by atoms with van der Waals surface area (Å²) in [5.41, 5.74) is 0.304. The third kappa shape index (κ3) is 2.72. The van der Waals surface area contributed by atoms with Gasteiger partial charge in [-0.1, -0.05) is 0 Å². The number of anilines is 1. The smallest absolute Gasteiger partial charge is 0.226 e. The predicted molar refractivity (Wildman–Crippen MR) is 94.1 cm³/mol. The van der Waals surface area contributed by atoms with Crippen LogP contribution in [-0.4, -0.2) is 46.3 Å². The summed E-state index contributed by atoms with van der Waals surface area (Å²) in [5.74, 6) is 2.60. The maximum Gasteiger partial charge on any atom is 0.226 e. The second-order valence-electron chi connectivity index (χ2n) is 8.43. The molecule has 1 spiro atoms. The number of amides is 1. The van der Waals surface area contributed by atoms with Gasteiger partial charge in [0.25, 0.3) is 0 Å². The Labute approximate surface area is 147 Å². The topological polar surface area (TPSA) is 49.3 Å². The number of nitrogens with zero attached hydrogens (tertiary/aromatic N) is 4. The lowest BCUT2D eigenvalue weighted by atomic mass is 9.90. The van der Waals surface area contributed by atoms with Crippen molar-refractivity contribution in [2.75, 3.05) is 25.0 Å². The molecule has 0 radical (unpaired) electrons. The van der Waals surface area contributed by atoms with Crippen molar-refractivity contribution in [2.24, 2.45) is 17.3 Å². The Morgan fingerprint density at radius 1 is 1.29 bits per heavy atom. The van der Waals surface area contributed by atoms with E-state index in [1.807, 2.05) is 11.9 Å². The second kappa shape index (κ2) is 5.41. The molecule has 4 fully saturated rings. The van der Waals surface area contributed by atoms with Gasteiger partial charge in [-0.25, -0.2) is 4.98 Å². The highest BCUT2D eigenvalue weighted by Gasteiger charge is 2.59. The first-order valence-electron chi connectivity index (χ1n) is 9.49. The second-order valence-corrected chi connectivity index (χ2v) is 9.16. The van der Waals surface area contributed by atoms with Crippen LogP contribution in [0.5, 0.6) is 0 Å². The highest BCUT2D eigenvalue weighted by atomic mass is 32.1. The van der Waals surface area contributed by atoms with Gasteiger partial charge in [0.1, 0.15) is 5.82 Å². The van der Waals surface area contributed by atoms with E-state index in [9.17, 15) is 4.79 Å². The minimum Gasteiger partial charge on any atom is -0.347 e. The molecule has 2 heterocycles. The third-order valence-corrected chi connectivity index (χ3v) is 7.40. The first kappa shape index (κ1) is 15.1. The molecule has 1 atom stereocenters. The molecule has 24 heavy (non-hydrogen) atoms. The maximum atomic E-state index is 12.6. The molecule has 5 rings (SSSR count). The molecule has 3 saturated carbocycles. The molecule has 3 aliphatic carbocycles. The zero-order valence-electron chi connectivity index (χ0n) is 14.4. The highest BCUT2D eigenvalue weighted by Crippen LogP contribution is 2.60. The van der Waals surface area contributed by atoms with Crippen molar-refractivity contribution in [3.8, 4) is 0 Å². The summed E-state index contributed by atoms with van der Waals surface area (Å²) in [6.45, 7) is 2.07. The van der Waals surface area contributed by atoms with Crippen LogP contribution < -0.4 is 4.90 Å². The van der Waals surface area contributed by atoms with Crippen molar-refractivity contribution in [1.29, 1.82) is 0 Å². The monoisotopic (exact) mass is 346 g/mol. The Hall–Kier alpha value is -1.17. The average molecular weight is 347 g/mol. The van der Waals surface area contributed by atoms with E-state index in [1.165, 1.54) is 25.7 Å². The summed E-state index contributed by atoms with van der Waals surface area (Å²) >= 11 is 1.56. The predicted octanol–water partition coefficient (Wildman–Crippen LogP) is 2.72. The van der Waals surface area contributed by atoms with E-state index in [4.69, 9.17) is 4.98 Å². The fourth-order valence-electron chi connectivity index (χ4n) is 4.32. The Kier molecular flexibility index (Phi) is 3.41. The Morgan fingerprint density at radius 3 is 2.71 bits per heavy atom. The van der Waals surface area contributed by atoms with E-state index in [-0.39, 0.29) is 0 Å². The number of rotatable bonds is 5. The van der Waals surface area contributed by atoms with Gasteiger partial charge in [0.15, 0.2) is 0 Å². The summed E-state index contributed by atoms with van der Waals surface area (Å²) in [7, 11) is 2.00. The van der Waals surface area contributed by atoms with Gasteiger partial charge >= 0.3 is 0 Å². The van der Waals surface area contributed by atoms with E-state index in [0.29, 0.717) is 23.3 Å². The van der Waals surface area contributed by atoms with Crippen molar-refractivity contribution in [2.45, 2.75) is 57.4 Å². The van der Waals surface area contributed by atoms with Crippen molar-refractivity contribution in [1.82, 2.24) is 14.3 Å². The lowest BCUT2D eigenvalue weighted by molar-refractivity contribution is -0.132. The van der Waals surface area contributed by atoms with Gasteiger partial charge in [0.2, 0.25) is 11.0 Å². The zero-order valence-corrected chi connectivity index (χ0v) is 15.2. The fourth-order valence-corrected chi connectivity index (χ4v) is 5.06. The van der Waals surface area contributed by atoms with Crippen LogP contribution in [0, 0.1) is 17.3 Å². The van der Waals surface area contributed by atoms with Gasteiger partial charge in [0, 0.05) is 50.1 Å². The molecule has 1 unspecified atom stereocenters. The van der Waals surface area contributed by atoms with Crippen molar-refractivity contribution in [3.63, 3.8) is 0 Å². The minimum absolute atomic E-state index is 0.296. The molecular weight excluding hydrogens is 320 g/mol. The molecule has 130 valence electrons. The molecule has 0 aromatic carbocycles. The molecule has 4 aliphatic rings. The first-order valence-corrected chi connectivity index (χ1v) is 10.3. The lowest BCUT2D eigenvalue weighted by Crippen LogP contribution is -2.38. The number of carbonyl (C=O) groups is 1. The molecule has 1 saturated heterocycles. The number of carbonyl (C=O) groups excluding carboxylic acids is 1. The quantitative estimate of drug-likeness (QED) is 0.822. The lowest BCUT2D eigenvalue weighted by Gasteiger charge is -2.32. The SMILES string of the molecule is CN(C(=O)C1CC12CCN(c1nc(CC3CC3)ns1)CC2)C1CC1. The van der Waals surface area contributed by atoms with Crippen LogP contribution in [0.25, 0.3) is 0 Å². The van der Waals surface area contributed by atoms with Crippen LogP contribution in [0.4, 0.5) is 5.13 Å². The van der Waals surface area contributed by atoms with Crippen molar-refractivity contribution < 1.29 is 4.79 Å². The number of aromatic nitrogens is 2. The van der Waals surface area contributed by atoms with Gasteiger partial charge in [-0.3, -0.25) is 4.79 Å². The van der Waals surface area contributed by atoms with Crippen LogP contribution in [0.2, 0.25) is 0 Å². The van der Waals surface area contributed by atoms with Crippen molar-refractivity contribution >= 4 is 22.6 Å². The van der Waals surface area contributed by atoms with Crippen LogP contribution in [0.15, 0.2) is 0 Å². The van der Waals surface area contributed by atoms with E-state index < -0.39 is 0 Å². The highest BCUT2D eigenvalue weighted by molar-refractivity contribution is 7.09. The van der Waals surface area contributed by atoms with Crippen LogP contribution in [0.1, 0.15) is 50.8 Å². The first-order chi connectivity index (χ1) is 11.6. The Morgan fingerprint density at radius 2 is 2.04 bits per heavy atom. The zero-order chi connectivity index (χ0) is 16.3. The Bertz CT molecular complexity index is 643. The summed E-state index contributed by atoms with van der Waals surface area (Å²) in [6.07, 6.45) is 9.57. The molecule has 1 aromatic rings. The molecular formula is C18H26N4OS. The number of piperidine rings is 1. The van der Waals surface area contributed by atoms with E-state index >= 15 is 0 Å². The molecule has 1 amide bonds. The van der Waals surface area contributed by atoms with Gasteiger partial charge < -0.3 is 9.80 Å². The molecule has 1 aromatic heterocycles.